The zero-order chi connectivity index (χ0) is 10.9. The molecule has 0 aromatic heterocycles. The van der Waals surface area contributed by atoms with Gasteiger partial charge in [-0.3, -0.25) is 0 Å². The molecule has 0 radical (unpaired) electrons. The molecule has 0 aliphatic rings. The third-order valence-corrected chi connectivity index (χ3v) is 2.73. The summed E-state index contributed by atoms with van der Waals surface area (Å²) >= 11 is 9.01. The molecule has 0 saturated heterocycles. The number of hydrogen-bond acceptors (Lipinski definition) is 2. The average Bonchev–Trinajstić information content (AvgIpc) is 2.09. The second-order valence-corrected chi connectivity index (χ2v) is 4.17. The van der Waals surface area contributed by atoms with Crippen molar-refractivity contribution in [2.24, 2.45) is 0 Å². The molecule has 0 aliphatic carbocycles. The molecular weight excluding hydrogens is 271 g/mol. The highest BCUT2D eigenvalue weighted by molar-refractivity contribution is 9.10. The van der Waals surface area contributed by atoms with Crippen LogP contribution in [0.5, 0.6) is 0 Å². The van der Waals surface area contributed by atoms with Crippen LogP contribution in [0.3, 0.4) is 0 Å². The third-order valence-electron chi connectivity index (χ3n) is 1.88. The van der Waals surface area contributed by atoms with E-state index in [1.807, 2.05) is 0 Å². The largest absolute Gasteiger partial charge is 0.479 e. The molecule has 1 unspecified atom stereocenters. The molecule has 0 heterocycles. The smallest absolute Gasteiger partial charge is 0.337 e. The van der Waals surface area contributed by atoms with E-state index in [4.69, 9.17) is 16.7 Å². The number of aliphatic carboxylic acids is 1. The molecular formula is C9H8BrClO3. The summed E-state index contributed by atoms with van der Waals surface area (Å²) in [5.74, 6) is -1.29. The lowest BCUT2D eigenvalue weighted by molar-refractivity contribution is -0.147. The second kappa shape index (κ2) is 4.29. The van der Waals surface area contributed by atoms with Gasteiger partial charge in [0.1, 0.15) is 0 Å². The minimum Gasteiger partial charge on any atom is -0.479 e. The lowest BCUT2D eigenvalue weighted by Crippen LogP contribution is -2.12. The van der Waals surface area contributed by atoms with Crippen LogP contribution < -0.4 is 0 Å². The van der Waals surface area contributed by atoms with E-state index in [0.29, 0.717) is 20.6 Å². The van der Waals surface area contributed by atoms with Crippen LogP contribution in [0.1, 0.15) is 17.2 Å². The SMILES string of the molecule is Cc1c(Cl)cc(Br)cc1C(O)C(=O)O. The van der Waals surface area contributed by atoms with Gasteiger partial charge in [-0.1, -0.05) is 27.5 Å². The van der Waals surface area contributed by atoms with E-state index < -0.39 is 12.1 Å². The number of aliphatic hydroxyl groups is 1. The molecule has 0 aliphatic heterocycles. The van der Waals surface area contributed by atoms with Crippen LogP contribution in [-0.2, 0) is 4.79 Å². The monoisotopic (exact) mass is 278 g/mol. The van der Waals surface area contributed by atoms with Crippen LogP contribution in [0.4, 0.5) is 0 Å². The van der Waals surface area contributed by atoms with Crippen molar-refractivity contribution in [1.82, 2.24) is 0 Å². The van der Waals surface area contributed by atoms with Crippen molar-refractivity contribution in [1.29, 1.82) is 0 Å². The van der Waals surface area contributed by atoms with Crippen molar-refractivity contribution < 1.29 is 15.0 Å². The van der Waals surface area contributed by atoms with Gasteiger partial charge in [-0.05, 0) is 30.2 Å². The fourth-order valence-corrected chi connectivity index (χ4v) is 1.92. The topological polar surface area (TPSA) is 57.5 Å². The van der Waals surface area contributed by atoms with E-state index in [2.05, 4.69) is 15.9 Å². The van der Waals surface area contributed by atoms with Crippen LogP contribution in [-0.4, -0.2) is 16.2 Å². The van der Waals surface area contributed by atoms with Gasteiger partial charge in [-0.15, -0.1) is 0 Å². The first-order valence-electron chi connectivity index (χ1n) is 3.80. The summed E-state index contributed by atoms with van der Waals surface area (Å²) in [7, 11) is 0. The first-order chi connectivity index (χ1) is 6.43. The van der Waals surface area contributed by atoms with Gasteiger partial charge in [-0.2, -0.15) is 0 Å². The maximum absolute atomic E-state index is 10.6. The Bertz CT molecular complexity index is 379. The van der Waals surface area contributed by atoms with E-state index in [9.17, 15) is 9.90 Å². The van der Waals surface area contributed by atoms with Gasteiger partial charge in [0.2, 0.25) is 0 Å². The lowest BCUT2D eigenvalue weighted by Gasteiger charge is -2.11. The van der Waals surface area contributed by atoms with E-state index in [-0.39, 0.29) is 0 Å². The van der Waals surface area contributed by atoms with Crippen molar-refractivity contribution in [2.45, 2.75) is 13.0 Å². The Morgan fingerprint density at radius 2 is 2.14 bits per heavy atom. The predicted molar refractivity (Wildman–Crippen MR) is 56.5 cm³/mol. The number of halogens is 2. The molecule has 0 bridgehead atoms. The summed E-state index contributed by atoms with van der Waals surface area (Å²) in [4.78, 5) is 10.6. The lowest BCUT2D eigenvalue weighted by atomic mass is 10.0. The van der Waals surface area contributed by atoms with E-state index >= 15 is 0 Å². The van der Waals surface area contributed by atoms with E-state index in [0.717, 1.165) is 0 Å². The molecule has 5 heteroatoms. The van der Waals surface area contributed by atoms with Gasteiger partial charge in [0.05, 0.1) is 0 Å². The van der Waals surface area contributed by atoms with Crippen LogP contribution >= 0.6 is 27.5 Å². The highest BCUT2D eigenvalue weighted by atomic mass is 79.9. The van der Waals surface area contributed by atoms with Gasteiger partial charge in [-0.25, -0.2) is 4.79 Å². The summed E-state index contributed by atoms with van der Waals surface area (Å²) in [6, 6.07) is 3.19. The van der Waals surface area contributed by atoms with Crippen LogP contribution in [0.2, 0.25) is 5.02 Å². The van der Waals surface area contributed by atoms with Gasteiger partial charge in [0.25, 0.3) is 0 Å². The highest BCUT2D eigenvalue weighted by Crippen LogP contribution is 2.28. The molecule has 0 spiro atoms. The third kappa shape index (κ3) is 2.26. The molecule has 0 amide bonds. The first-order valence-corrected chi connectivity index (χ1v) is 4.97. The normalized spacial score (nSPS) is 12.6. The standard InChI is InChI=1S/C9H8BrClO3/c1-4-6(8(12)9(13)14)2-5(10)3-7(4)11/h2-3,8,12H,1H3,(H,13,14). The van der Waals surface area contributed by atoms with E-state index in [1.165, 1.54) is 0 Å². The van der Waals surface area contributed by atoms with E-state index in [1.54, 1.807) is 19.1 Å². The average molecular weight is 280 g/mol. The Kier molecular flexibility index (Phi) is 3.53. The number of hydrogen-bond donors (Lipinski definition) is 2. The van der Waals surface area contributed by atoms with Gasteiger partial charge in [0.15, 0.2) is 6.10 Å². The maximum Gasteiger partial charge on any atom is 0.337 e. The Labute approximate surface area is 94.4 Å². The fourth-order valence-electron chi connectivity index (χ4n) is 1.08. The second-order valence-electron chi connectivity index (χ2n) is 2.84. The maximum atomic E-state index is 10.6. The molecule has 1 rings (SSSR count). The van der Waals surface area contributed by atoms with Crippen LogP contribution in [0, 0.1) is 6.92 Å². The van der Waals surface area contributed by atoms with Gasteiger partial charge < -0.3 is 10.2 Å². The number of aliphatic hydroxyl groups excluding tert-OH is 1. The van der Waals surface area contributed by atoms with Crippen molar-refractivity contribution in [3.05, 3.63) is 32.8 Å². The summed E-state index contributed by atoms with van der Waals surface area (Å²) in [6.07, 6.45) is -1.54. The fraction of sp³-hybridized carbons (Fsp3) is 0.222. The molecule has 0 saturated carbocycles. The van der Waals surface area contributed by atoms with Crippen molar-refractivity contribution in [2.75, 3.05) is 0 Å². The minimum atomic E-state index is -1.54. The zero-order valence-electron chi connectivity index (χ0n) is 7.29. The van der Waals surface area contributed by atoms with Crippen molar-refractivity contribution in [3.8, 4) is 0 Å². The number of carbonyl (C=O) groups is 1. The van der Waals surface area contributed by atoms with Crippen LogP contribution in [0.15, 0.2) is 16.6 Å². The Morgan fingerprint density at radius 1 is 1.57 bits per heavy atom. The molecule has 0 fully saturated rings. The molecule has 1 atom stereocenters. The molecule has 3 nitrogen and oxygen atoms in total. The van der Waals surface area contributed by atoms with Gasteiger partial charge >= 0.3 is 5.97 Å². The highest BCUT2D eigenvalue weighted by Gasteiger charge is 2.19. The summed E-state index contributed by atoms with van der Waals surface area (Å²) in [5.41, 5.74) is 0.877. The molecule has 14 heavy (non-hydrogen) atoms. The zero-order valence-corrected chi connectivity index (χ0v) is 9.63. The Morgan fingerprint density at radius 3 is 2.64 bits per heavy atom. The molecule has 1 aromatic rings. The van der Waals surface area contributed by atoms with Gasteiger partial charge in [0, 0.05) is 9.50 Å². The van der Waals surface area contributed by atoms with Crippen molar-refractivity contribution in [3.63, 3.8) is 0 Å². The van der Waals surface area contributed by atoms with Crippen LogP contribution in [0.25, 0.3) is 0 Å². The number of rotatable bonds is 2. The Hall–Kier alpha value is -0.580. The Balaban J connectivity index is 3.26. The molecule has 2 N–H and O–H groups in total. The molecule has 1 aromatic carbocycles. The minimum absolute atomic E-state index is 0.303. The number of benzene rings is 1. The predicted octanol–water partition coefficient (Wildman–Crippen LogP) is 2.53. The number of carboxylic acids is 1. The first kappa shape index (κ1) is 11.5. The molecule has 76 valence electrons. The summed E-state index contributed by atoms with van der Waals surface area (Å²) in [5, 5.41) is 18.4. The summed E-state index contributed by atoms with van der Waals surface area (Å²) in [6.45, 7) is 1.66. The summed E-state index contributed by atoms with van der Waals surface area (Å²) < 4.78 is 0.642. The number of carboxylic acid groups (broad SMARTS) is 1. The quantitative estimate of drug-likeness (QED) is 0.874. The van der Waals surface area contributed by atoms with Crippen molar-refractivity contribution >= 4 is 33.5 Å².